The SMILES string of the molecule is OCCN1CCNCCN(C[I-]O)CCN(CCO)CC1. The summed E-state index contributed by atoms with van der Waals surface area (Å²) in [4.78, 5) is 6.83. The number of hydrogen-bond acceptors (Lipinski definition) is 7. The molecule has 1 aliphatic rings. The number of rotatable bonds is 6. The first-order chi connectivity index (χ1) is 10.3. The molecule has 1 saturated heterocycles. The maximum absolute atomic E-state index is 9.23. The van der Waals surface area contributed by atoms with Crippen LogP contribution >= 0.6 is 0 Å². The summed E-state index contributed by atoms with van der Waals surface area (Å²) in [7, 11) is 0. The van der Waals surface area contributed by atoms with Crippen LogP contribution in [0.2, 0.25) is 0 Å². The van der Waals surface area contributed by atoms with Crippen LogP contribution in [0.15, 0.2) is 0 Å². The number of halogens is 1. The predicted molar refractivity (Wildman–Crippen MR) is 78.6 cm³/mol. The Bertz CT molecular complexity index is 231. The zero-order valence-corrected chi connectivity index (χ0v) is 14.9. The summed E-state index contributed by atoms with van der Waals surface area (Å²) in [5, 5.41) is 21.7. The minimum atomic E-state index is -0.708. The summed E-state index contributed by atoms with van der Waals surface area (Å²) >= 11 is -0.708. The van der Waals surface area contributed by atoms with Crippen molar-refractivity contribution >= 4 is 0 Å². The first-order valence-corrected chi connectivity index (χ1v) is 10.1. The zero-order chi connectivity index (χ0) is 15.3. The fourth-order valence-electron chi connectivity index (χ4n) is 2.43. The number of aliphatic hydroxyl groups excluding tert-OH is 2. The molecule has 0 aromatic rings. The Balaban J connectivity index is 2.51. The molecule has 1 aliphatic heterocycles. The van der Waals surface area contributed by atoms with E-state index < -0.39 is 21.6 Å². The van der Waals surface area contributed by atoms with Gasteiger partial charge in [0.05, 0.1) is 0 Å². The molecule has 8 heteroatoms. The van der Waals surface area contributed by atoms with E-state index in [0.29, 0.717) is 13.1 Å². The van der Waals surface area contributed by atoms with Gasteiger partial charge in [0.15, 0.2) is 0 Å². The second-order valence-electron chi connectivity index (χ2n) is 5.24. The molecule has 0 amide bonds. The summed E-state index contributed by atoms with van der Waals surface area (Å²) in [6.07, 6.45) is 0. The maximum atomic E-state index is 9.23. The van der Waals surface area contributed by atoms with E-state index in [2.05, 4.69) is 20.0 Å². The average molecular weight is 417 g/mol. The van der Waals surface area contributed by atoms with Crippen LogP contribution in [0.5, 0.6) is 0 Å². The van der Waals surface area contributed by atoms with Gasteiger partial charge in [-0.2, -0.15) is 0 Å². The molecule has 1 fully saturated rings. The van der Waals surface area contributed by atoms with E-state index in [0.717, 1.165) is 56.9 Å². The van der Waals surface area contributed by atoms with E-state index in [4.69, 9.17) is 5.11 Å². The Morgan fingerprint density at radius 3 is 1.76 bits per heavy atom. The first kappa shape index (κ1) is 19.5. The van der Waals surface area contributed by atoms with Crippen LogP contribution in [-0.4, -0.2) is 112 Å². The molecule has 0 aromatic carbocycles. The van der Waals surface area contributed by atoms with Crippen LogP contribution in [0, 0.1) is 0 Å². The van der Waals surface area contributed by atoms with Gasteiger partial charge < -0.3 is 0 Å². The third-order valence-electron chi connectivity index (χ3n) is 3.73. The van der Waals surface area contributed by atoms with Gasteiger partial charge >= 0.3 is 138 Å². The number of aliphatic hydroxyl groups is 2. The molecule has 7 nitrogen and oxygen atoms in total. The van der Waals surface area contributed by atoms with Gasteiger partial charge in [-0.05, 0) is 0 Å². The van der Waals surface area contributed by atoms with E-state index in [1.807, 2.05) is 0 Å². The summed E-state index contributed by atoms with van der Waals surface area (Å²) in [5.74, 6) is 0. The number of nitrogens with zero attached hydrogens (tertiary/aromatic N) is 3. The van der Waals surface area contributed by atoms with Gasteiger partial charge in [0.2, 0.25) is 0 Å². The molecule has 0 unspecified atom stereocenters. The van der Waals surface area contributed by atoms with Crippen molar-refractivity contribution in [1.82, 2.24) is 20.0 Å². The van der Waals surface area contributed by atoms with Crippen LogP contribution in [0.4, 0.5) is 0 Å². The van der Waals surface area contributed by atoms with E-state index >= 15 is 0 Å². The van der Waals surface area contributed by atoms with Crippen molar-refractivity contribution in [2.45, 2.75) is 0 Å². The number of hydrogen-bond donors (Lipinski definition) is 4. The van der Waals surface area contributed by atoms with Crippen molar-refractivity contribution in [1.29, 1.82) is 0 Å². The van der Waals surface area contributed by atoms with Gasteiger partial charge in [-0.1, -0.05) is 0 Å². The molecule has 0 spiro atoms. The third kappa shape index (κ3) is 9.24. The molecule has 0 saturated carbocycles. The molecule has 0 aromatic heterocycles. The number of nitrogens with one attached hydrogen (secondary N) is 1. The van der Waals surface area contributed by atoms with Gasteiger partial charge in [0, 0.05) is 0 Å². The Morgan fingerprint density at radius 1 is 0.762 bits per heavy atom. The zero-order valence-electron chi connectivity index (χ0n) is 12.8. The summed E-state index contributed by atoms with van der Waals surface area (Å²) in [5.41, 5.74) is 0. The van der Waals surface area contributed by atoms with Crippen molar-refractivity contribution in [3.8, 4) is 0 Å². The van der Waals surface area contributed by atoms with Crippen LogP contribution in [0.3, 0.4) is 0 Å². The van der Waals surface area contributed by atoms with Crippen molar-refractivity contribution in [2.24, 2.45) is 0 Å². The Hall–Kier alpha value is 0.450. The third-order valence-corrected chi connectivity index (χ3v) is 5.00. The summed E-state index contributed by atoms with van der Waals surface area (Å²) < 4.78 is 10.0. The van der Waals surface area contributed by atoms with Crippen molar-refractivity contribution in [2.75, 3.05) is 83.2 Å². The van der Waals surface area contributed by atoms with Gasteiger partial charge in [-0.15, -0.1) is 0 Å². The normalized spacial score (nSPS) is 22.0. The van der Waals surface area contributed by atoms with E-state index in [1.54, 1.807) is 0 Å². The molecular weight excluding hydrogens is 387 g/mol. The van der Waals surface area contributed by atoms with Gasteiger partial charge in [-0.25, -0.2) is 0 Å². The van der Waals surface area contributed by atoms with Crippen molar-refractivity contribution in [3.05, 3.63) is 0 Å². The second-order valence-corrected chi connectivity index (χ2v) is 6.60. The van der Waals surface area contributed by atoms with Gasteiger partial charge in [0.1, 0.15) is 0 Å². The fourth-order valence-corrected chi connectivity index (χ4v) is 3.54. The standard InChI is InChI=1S/C13H30IN4O3/c19-11-9-16-3-1-15-2-4-18(13-14-21)8-7-17(6-5-16)10-12-20/h15,19-21H,1-13H2/q-1. The Labute approximate surface area is 138 Å². The quantitative estimate of drug-likeness (QED) is 0.195. The molecule has 0 atom stereocenters. The topological polar surface area (TPSA) is 82.4 Å². The van der Waals surface area contributed by atoms with E-state index in [9.17, 15) is 8.54 Å². The molecule has 1 rings (SSSR count). The minimum absolute atomic E-state index is 0.175. The van der Waals surface area contributed by atoms with Gasteiger partial charge in [-0.3, -0.25) is 0 Å². The van der Waals surface area contributed by atoms with Crippen LogP contribution in [-0.2, 0) is 0 Å². The Morgan fingerprint density at radius 2 is 1.24 bits per heavy atom. The van der Waals surface area contributed by atoms with E-state index in [-0.39, 0.29) is 13.2 Å². The number of β-amino-alcohol motifs (C(OH)–C–C–N with tert-alkyl or cyclic N) is 2. The molecule has 21 heavy (non-hydrogen) atoms. The van der Waals surface area contributed by atoms with Gasteiger partial charge in [0.25, 0.3) is 0 Å². The molecule has 0 aliphatic carbocycles. The molecule has 4 N–H and O–H groups in total. The monoisotopic (exact) mass is 417 g/mol. The Kier molecular flexibility index (Phi) is 12.0. The summed E-state index contributed by atoms with van der Waals surface area (Å²) in [6, 6.07) is 0. The fraction of sp³-hybridized carbons (Fsp3) is 1.00. The molecule has 0 radical (unpaired) electrons. The van der Waals surface area contributed by atoms with Crippen LogP contribution in [0.25, 0.3) is 0 Å². The molecule has 128 valence electrons. The number of alkyl halides is 1. The van der Waals surface area contributed by atoms with Crippen LogP contribution < -0.4 is 26.9 Å². The second kappa shape index (κ2) is 12.9. The molecule has 0 bridgehead atoms. The molecular formula is C13H30IN4O3-. The predicted octanol–water partition coefficient (Wildman–Crippen LogP) is -5.57. The summed E-state index contributed by atoms with van der Waals surface area (Å²) in [6.45, 7) is 9.15. The van der Waals surface area contributed by atoms with Crippen molar-refractivity contribution < 1.29 is 35.3 Å². The van der Waals surface area contributed by atoms with E-state index in [1.165, 1.54) is 0 Å². The molecule has 1 heterocycles. The van der Waals surface area contributed by atoms with Crippen molar-refractivity contribution in [3.63, 3.8) is 0 Å². The van der Waals surface area contributed by atoms with Crippen LogP contribution in [0.1, 0.15) is 0 Å². The first-order valence-electron chi connectivity index (χ1n) is 7.62. The average Bonchev–Trinajstić information content (AvgIpc) is 2.47.